The van der Waals surface area contributed by atoms with E-state index in [0.29, 0.717) is 37.4 Å². The van der Waals surface area contributed by atoms with E-state index in [4.69, 9.17) is 9.47 Å². The monoisotopic (exact) mass is 679 g/mol. The number of hydrogen-bond donors (Lipinski definition) is 1. The second kappa shape index (κ2) is 12.7. The van der Waals surface area contributed by atoms with Crippen molar-refractivity contribution in [1.29, 1.82) is 0 Å². The normalized spacial score (nSPS) is 15.6. The lowest BCUT2D eigenvalue weighted by atomic mass is 9.94. The highest BCUT2D eigenvalue weighted by atomic mass is 19.4. The lowest BCUT2D eigenvalue weighted by Crippen LogP contribution is -2.26. The number of aromatic nitrogens is 3. The summed E-state index contributed by atoms with van der Waals surface area (Å²) in [5.74, 6) is -3.86. The van der Waals surface area contributed by atoms with Gasteiger partial charge in [-0.05, 0) is 42.3 Å². The zero-order chi connectivity index (χ0) is 34.4. The summed E-state index contributed by atoms with van der Waals surface area (Å²) in [5, 5.41) is 2.20. The molecular weight excluding hydrogens is 649 g/mol. The third-order valence-electron chi connectivity index (χ3n) is 8.77. The Morgan fingerprint density at radius 3 is 2.63 bits per heavy atom. The fourth-order valence-corrected chi connectivity index (χ4v) is 6.46. The van der Waals surface area contributed by atoms with Gasteiger partial charge in [-0.25, -0.2) is 13.8 Å². The van der Waals surface area contributed by atoms with Gasteiger partial charge in [0.2, 0.25) is 11.7 Å². The minimum atomic E-state index is -4.76. The predicted molar refractivity (Wildman–Crippen MR) is 171 cm³/mol. The fraction of sp³-hybridized carbons (Fsp3) is 0.286. The first kappa shape index (κ1) is 32.5. The highest BCUT2D eigenvalue weighted by Crippen LogP contribution is 2.48. The molecule has 9 nitrogen and oxygen atoms in total. The van der Waals surface area contributed by atoms with Crippen molar-refractivity contribution in [3.63, 3.8) is 0 Å². The molecule has 0 aliphatic carbocycles. The van der Waals surface area contributed by atoms with Crippen LogP contribution in [0.2, 0.25) is 0 Å². The number of imidazole rings is 1. The summed E-state index contributed by atoms with van der Waals surface area (Å²) < 4.78 is 88.5. The first-order valence-corrected chi connectivity index (χ1v) is 15.6. The van der Waals surface area contributed by atoms with Crippen molar-refractivity contribution in [1.82, 2.24) is 18.9 Å². The maximum Gasteiger partial charge on any atom is 0.417 e. The van der Waals surface area contributed by atoms with Crippen LogP contribution in [0.1, 0.15) is 33.6 Å². The van der Waals surface area contributed by atoms with Crippen molar-refractivity contribution < 1.29 is 41.0 Å². The fourth-order valence-electron chi connectivity index (χ4n) is 6.46. The first-order chi connectivity index (χ1) is 23.5. The van der Waals surface area contributed by atoms with E-state index in [1.165, 1.54) is 45.8 Å². The zero-order valence-corrected chi connectivity index (χ0v) is 26.2. The summed E-state index contributed by atoms with van der Waals surface area (Å²) >= 11 is 0. The topological polar surface area (TPSA) is 90.1 Å². The molecule has 2 aliphatic heterocycles. The number of alkyl halides is 3. The second-order valence-corrected chi connectivity index (χ2v) is 11.9. The molecule has 5 aromatic rings. The van der Waals surface area contributed by atoms with E-state index < -0.39 is 40.8 Å². The molecule has 0 atom stereocenters. The van der Waals surface area contributed by atoms with Gasteiger partial charge in [0, 0.05) is 68.7 Å². The van der Waals surface area contributed by atoms with Crippen LogP contribution < -0.4 is 10.1 Å². The molecule has 254 valence electrons. The summed E-state index contributed by atoms with van der Waals surface area (Å²) in [6, 6.07) is 7.16. The van der Waals surface area contributed by atoms with Crippen LogP contribution in [0, 0.1) is 11.6 Å². The molecule has 49 heavy (non-hydrogen) atoms. The minimum absolute atomic E-state index is 0.0137. The average molecular weight is 680 g/mol. The molecule has 2 aromatic carbocycles. The number of rotatable bonds is 6. The third kappa shape index (κ3) is 6.06. The van der Waals surface area contributed by atoms with Crippen LogP contribution in [0.25, 0.3) is 27.7 Å². The average Bonchev–Trinajstić information content (AvgIpc) is 3.50. The van der Waals surface area contributed by atoms with Gasteiger partial charge in [0.15, 0.2) is 5.75 Å². The summed E-state index contributed by atoms with van der Waals surface area (Å²) in [5.41, 5.74) is -0.690. The molecule has 14 heteroatoms. The number of carbonyl (C=O) groups is 2. The number of hydrogen-bond acceptors (Lipinski definition) is 6. The van der Waals surface area contributed by atoms with E-state index in [1.807, 2.05) is 0 Å². The Morgan fingerprint density at radius 1 is 1.06 bits per heavy atom. The Balaban J connectivity index is 1.22. The standard InChI is InChI=1S/C35H30F5N5O4/c1-43-19-41-31-26(43)18-23(35(38,39)40)29-22-5-2-10-45-27(17-20(32(22)45)7-13-49-34(29)31)33(47)21-15-24(36)30(25(37)16-21)42-28(46)6-3-8-44-9-4-12-48-14-11-44/h2-3,5-6,10,15-19H,4,7-9,11-14H2,1H3,(H,42,46)/b6-3+. The quantitative estimate of drug-likeness (QED) is 0.131. The van der Waals surface area contributed by atoms with Gasteiger partial charge in [-0.1, -0.05) is 12.1 Å². The van der Waals surface area contributed by atoms with Crippen LogP contribution in [-0.2, 0) is 29.2 Å². The van der Waals surface area contributed by atoms with Crippen LogP contribution in [0.15, 0.2) is 61.1 Å². The van der Waals surface area contributed by atoms with Gasteiger partial charge < -0.3 is 23.8 Å². The second-order valence-electron chi connectivity index (χ2n) is 11.9. The van der Waals surface area contributed by atoms with Crippen LogP contribution in [0.5, 0.6) is 5.75 Å². The molecule has 0 unspecified atom stereocenters. The van der Waals surface area contributed by atoms with Crippen molar-refractivity contribution >= 4 is 33.9 Å². The molecule has 1 amide bonds. The number of ether oxygens (including phenoxy) is 2. The molecule has 2 aliphatic rings. The SMILES string of the molecule is Cn1cnc2c3c(c(C(F)(F)F)cc21)-c1cccn2c(C(=O)c4cc(F)c(NC(=O)/C=C/CN5CCCOCC5)c(F)c4)cc(c12)CCO3. The van der Waals surface area contributed by atoms with Gasteiger partial charge in [-0.3, -0.25) is 14.5 Å². The Hall–Kier alpha value is -5.08. The summed E-state index contributed by atoms with van der Waals surface area (Å²) in [7, 11) is 1.59. The van der Waals surface area contributed by atoms with Crippen LogP contribution in [0.3, 0.4) is 0 Å². The lowest BCUT2D eigenvalue weighted by Gasteiger charge is -2.22. The molecule has 1 saturated heterocycles. The number of nitrogens with one attached hydrogen (secondary N) is 1. The smallest absolute Gasteiger partial charge is 0.417 e. The molecule has 3 aromatic heterocycles. The molecule has 1 N–H and O–H groups in total. The van der Waals surface area contributed by atoms with Gasteiger partial charge in [0.05, 0.1) is 41.8 Å². The number of pyridine rings is 1. The van der Waals surface area contributed by atoms with E-state index in [2.05, 4.69) is 15.2 Å². The maximum absolute atomic E-state index is 15.2. The van der Waals surface area contributed by atoms with Crippen molar-refractivity contribution in [3.05, 3.63) is 95.1 Å². The van der Waals surface area contributed by atoms with Gasteiger partial charge >= 0.3 is 6.18 Å². The molecule has 0 spiro atoms. The number of carbonyl (C=O) groups excluding carboxylic acids is 2. The number of benzene rings is 2. The lowest BCUT2D eigenvalue weighted by molar-refractivity contribution is -0.137. The molecule has 0 bridgehead atoms. The van der Waals surface area contributed by atoms with Crippen molar-refractivity contribution in [2.75, 3.05) is 44.8 Å². The third-order valence-corrected chi connectivity index (χ3v) is 8.77. The minimum Gasteiger partial charge on any atom is -0.490 e. The number of halogens is 5. The highest BCUT2D eigenvalue weighted by molar-refractivity contribution is 6.10. The molecule has 0 saturated carbocycles. The summed E-state index contributed by atoms with van der Waals surface area (Å²) in [4.78, 5) is 32.7. The Kier molecular flexibility index (Phi) is 8.45. The number of ketones is 1. The molecule has 0 radical (unpaired) electrons. The Bertz CT molecular complexity index is 2120. The number of aryl methyl sites for hydroxylation is 1. The highest BCUT2D eigenvalue weighted by Gasteiger charge is 2.38. The number of amides is 1. The maximum atomic E-state index is 15.2. The van der Waals surface area contributed by atoms with Gasteiger partial charge in [-0.2, -0.15) is 13.2 Å². The molecular formula is C35H30F5N5O4. The van der Waals surface area contributed by atoms with Gasteiger partial charge in [-0.15, -0.1) is 0 Å². The van der Waals surface area contributed by atoms with Crippen molar-refractivity contribution in [3.8, 4) is 16.9 Å². The first-order valence-electron chi connectivity index (χ1n) is 15.6. The van der Waals surface area contributed by atoms with Crippen LogP contribution >= 0.6 is 0 Å². The van der Waals surface area contributed by atoms with Crippen LogP contribution in [-0.4, -0.2) is 70.0 Å². The number of nitrogens with zero attached hydrogens (tertiary/aromatic N) is 4. The predicted octanol–water partition coefficient (Wildman–Crippen LogP) is 6.17. The van der Waals surface area contributed by atoms with Gasteiger partial charge in [0.1, 0.15) is 22.8 Å². The van der Waals surface area contributed by atoms with E-state index in [0.717, 1.165) is 31.2 Å². The largest absolute Gasteiger partial charge is 0.490 e. The van der Waals surface area contributed by atoms with Crippen molar-refractivity contribution in [2.45, 2.75) is 19.0 Å². The van der Waals surface area contributed by atoms with Crippen LogP contribution in [0.4, 0.5) is 27.6 Å². The number of anilines is 1. The van der Waals surface area contributed by atoms with E-state index >= 15 is 8.78 Å². The number of fused-ring (bicyclic) bond motifs is 4. The van der Waals surface area contributed by atoms with E-state index in [1.54, 1.807) is 13.1 Å². The summed E-state index contributed by atoms with van der Waals surface area (Å²) in [6.45, 7) is 3.21. The Labute approximate surface area is 276 Å². The Morgan fingerprint density at radius 2 is 1.86 bits per heavy atom. The van der Waals surface area contributed by atoms with E-state index in [-0.39, 0.29) is 52.2 Å². The molecule has 5 heterocycles. The molecule has 1 fully saturated rings. The van der Waals surface area contributed by atoms with E-state index in [9.17, 15) is 22.8 Å². The van der Waals surface area contributed by atoms with Gasteiger partial charge in [0.25, 0.3) is 0 Å². The zero-order valence-electron chi connectivity index (χ0n) is 26.2. The summed E-state index contributed by atoms with van der Waals surface area (Å²) in [6.07, 6.45) is 2.03. The molecule has 7 rings (SSSR count). The van der Waals surface area contributed by atoms with Crippen molar-refractivity contribution in [2.24, 2.45) is 7.05 Å².